The molecule has 0 aliphatic carbocycles. The molecular weight excluding hydrogens is 646 g/mol. The van der Waals surface area contributed by atoms with Crippen molar-refractivity contribution in [3.63, 3.8) is 0 Å². The highest BCUT2D eigenvalue weighted by Crippen LogP contribution is 2.25. The lowest BCUT2D eigenvalue weighted by molar-refractivity contribution is -0.158. The molecular formula is C38H40F2N4O6. The molecule has 2 atom stereocenters. The second-order valence-corrected chi connectivity index (χ2v) is 11.8. The molecule has 50 heavy (non-hydrogen) atoms. The fourth-order valence-corrected chi connectivity index (χ4v) is 5.01. The van der Waals surface area contributed by atoms with E-state index in [0.717, 1.165) is 5.56 Å². The van der Waals surface area contributed by atoms with Gasteiger partial charge in [-0.15, -0.1) is 0 Å². The van der Waals surface area contributed by atoms with E-state index < -0.39 is 47.6 Å². The lowest BCUT2D eigenvalue weighted by Crippen LogP contribution is -2.59. The Morgan fingerprint density at radius 2 is 1.38 bits per heavy atom. The van der Waals surface area contributed by atoms with Crippen LogP contribution in [0.5, 0.6) is 5.75 Å². The number of aromatic nitrogens is 1. The molecule has 0 fully saturated rings. The minimum absolute atomic E-state index is 0.0581. The molecule has 262 valence electrons. The van der Waals surface area contributed by atoms with Crippen LogP contribution in [0.4, 0.5) is 19.4 Å². The molecule has 0 spiro atoms. The Balaban J connectivity index is 1.54. The number of carbonyl (C=O) groups is 4. The standard InChI is InChI=1S/C38H40F2N4O6/c1-4-44(32-17-11-12-22-41-32)36(47)38(39,40)34(45)31(23-27-18-20-30(21-19-27)49-24-28-13-7-5-8-14-28)42-35(46)33(26(2)3)43-37(48)50-25-29-15-9-6-10-16-29/h5-22,26,31,33H,4,23-25H2,1-3H3,(H,42,46)(H,43,48)/t31?,33-/m0/s1. The van der Waals surface area contributed by atoms with E-state index in [1.165, 1.54) is 25.3 Å². The number of amides is 3. The maximum Gasteiger partial charge on any atom is 0.408 e. The van der Waals surface area contributed by atoms with Gasteiger partial charge in [0.05, 0.1) is 6.04 Å². The van der Waals surface area contributed by atoms with E-state index in [2.05, 4.69) is 15.6 Å². The Hall–Kier alpha value is -5.65. The van der Waals surface area contributed by atoms with Gasteiger partial charge in [0.2, 0.25) is 11.7 Å². The zero-order chi connectivity index (χ0) is 36.1. The average Bonchev–Trinajstić information content (AvgIpc) is 3.13. The van der Waals surface area contributed by atoms with Crippen LogP contribution in [0.3, 0.4) is 0 Å². The summed E-state index contributed by atoms with van der Waals surface area (Å²) in [6.45, 7) is 4.79. The monoisotopic (exact) mass is 686 g/mol. The van der Waals surface area contributed by atoms with Crippen molar-refractivity contribution in [2.75, 3.05) is 11.4 Å². The average molecular weight is 687 g/mol. The highest BCUT2D eigenvalue weighted by atomic mass is 19.3. The van der Waals surface area contributed by atoms with Gasteiger partial charge in [0.25, 0.3) is 0 Å². The number of halogens is 2. The number of alkyl halides is 2. The van der Waals surface area contributed by atoms with Gasteiger partial charge in [0, 0.05) is 19.2 Å². The van der Waals surface area contributed by atoms with E-state index in [9.17, 15) is 19.2 Å². The van der Waals surface area contributed by atoms with Crippen molar-refractivity contribution < 1.29 is 37.4 Å². The number of ether oxygens (including phenoxy) is 2. The molecule has 1 unspecified atom stereocenters. The van der Waals surface area contributed by atoms with Crippen molar-refractivity contribution in [1.29, 1.82) is 0 Å². The van der Waals surface area contributed by atoms with Crippen molar-refractivity contribution in [3.8, 4) is 5.75 Å². The first-order valence-corrected chi connectivity index (χ1v) is 16.2. The van der Waals surface area contributed by atoms with Gasteiger partial charge in [-0.2, -0.15) is 8.78 Å². The molecule has 1 aromatic heterocycles. The lowest BCUT2D eigenvalue weighted by Gasteiger charge is -2.29. The number of benzene rings is 3. The number of nitrogens with one attached hydrogen (secondary N) is 2. The summed E-state index contributed by atoms with van der Waals surface area (Å²) in [6.07, 6.45) is 0.0442. The van der Waals surface area contributed by atoms with Gasteiger partial charge in [0.15, 0.2) is 0 Å². The van der Waals surface area contributed by atoms with Gasteiger partial charge in [-0.05, 0) is 53.8 Å². The fourth-order valence-electron chi connectivity index (χ4n) is 5.01. The van der Waals surface area contributed by atoms with Crippen molar-refractivity contribution in [3.05, 3.63) is 126 Å². The van der Waals surface area contributed by atoms with Crippen molar-refractivity contribution in [2.24, 2.45) is 5.92 Å². The predicted octanol–water partition coefficient (Wildman–Crippen LogP) is 5.90. The van der Waals surface area contributed by atoms with Gasteiger partial charge in [-0.1, -0.05) is 92.7 Å². The highest BCUT2D eigenvalue weighted by Gasteiger charge is 2.53. The quantitative estimate of drug-likeness (QED) is 0.141. The summed E-state index contributed by atoms with van der Waals surface area (Å²) in [5.74, 6) is -9.13. The largest absolute Gasteiger partial charge is 0.489 e. The molecule has 0 aliphatic heterocycles. The molecule has 12 heteroatoms. The summed E-state index contributed by atoms with van der Waals surface area (Å²) in [6, 6.07) is 26.1. The third-order valence-corrected chi connectivity index (χ3v) is 7.74. The van der Waals surface area contributed by atoms with Gasteiger partial charge in [0.1, 0.15) is 30.8 Å². The summed E-state index contributed by atoms with van der Waals surface area (Å²) in [4.78, 5) is 57.7. The number of carbonyl (C=O) groups excluding carboxylic acids is 4. The molecule has 10 nitrogen and oxygen atoms in total. The number of pyridine rings is 1. The van der Waals surface area contributed by atoms with Crippen molar-refractivity contribution in [1.82, 2.24) is 15.6 Å². The predicted molar refractivity (Wildman–Crippen MR) is 183 cm³/mol. The summed E-state index contributed by atoms with van der Waals surface area (Å²) in [5, 5.41) is 4.86. The smallest absolute Gasteiger partial charge is 0.408 e. The van der Waals surface area contributed by atoms with Crippen LogP contribution in [-0.2, 0) is 38.8 Å². The van der Waals surface area contributed by atoms with Gasteiger partial charge in [-0.25, -0.2) is 9.78 Å². The Bertz CT molecular complexity index is 1710. The van der Waals surface area contributed by atoms with E-state index in [4.69, 9.17) is 9.47 Å². The van der Waals surface area contributed by atoms with Crippen LogP contribution in [0.2, 0.25) is 0 Å². The second-order valence-electron chi connectivity index (χ2n) is 11.8. The normalized spacial score (nSPS) is 12.4. The molecule has 0 aliphatic rings. The van der Waals surface area contributed by atoms with E-state index >= 15 is 8.78 Å². The number of anilines is 1. The number of ketones is 1. The maximum atomic E-state index is 15.9. The summed E-state index contributed by atoms with van der Waals surface area (Å²) >= 11 is 0. The van der Waals surface area contributed by atoms with Crippen molar-refractivity contribution in [2.45, 2.75) is 58.4 Å². The molecule has 1 heterocycles. The Morgan fingerprint density at radius 3 is 1.94 bits per heavy atom. The first-order valence-electron chi connectivity index (χ1n) is 16.2. The summed E-state index contributed by atoms with van der Waals surface area (Å²) in [5.41, 5.74) is 2.07. The van der Waals surface area contributed by atoms with Crippen LogP contribution in [0.15, 0.2) is 109 Å². The molecule has 0 bridgehead atoms. The molecule has 4 aromatic rings. The minimum Gasteiger partial charge on any atom is -0.489 e. The number of hydrogen-bond donors (Lipinski definition) is 2. The number of nitrogens with zero attached hydrogens (tertiary/aromatic N) is 2. The van der Waals surface area contributed by atoms with Crippen LogP contribution >= 0.6 is 0 Å². The molecule has 3 aromatic carbocycles. The molecule has 4 rings (SSSR count). The number of hydrogen-bond acceptors (Lipinski definition) is 7. The minimum atomic E-state index is -4.54. The molecule has 0 saturated heterocycles. The van der Waals surface area contributed by atoms with Crippen LogP contribution in [0.1, 0.15) is 37.5 Å². The Morgan fingerprint density at radius 1 is 0.780 bits per heavy atom. The Kier molecular flexibility index (Phi) is 13.1. The number of Topliss-reactive ketones (excluding diaryl/α,β-unsaturated/α-hetero) is 1. The Labute approximate surface area is 289 Å². The lowest BCUT2D eigenvalue weighted by atomic mass is 9.96. The third kappa shape index (κ3) is 10.2. The van der Waals surface area contributed by atoms with E-state index in [0.29, 0.717) is 28.4 Å². The van der Waals surface area contributed by atoms with Crippen LogP contribution in [-0.4, -0.2) is 53.2 Å². The SMILES string of the molecule is CCN(C(=O)C(F)(F)C(=O)C(Cc1ccc(OCc2ccccc2)cc1)NC(=O)[C@@H](NC(=O)OCc1ccccc1)C(C)C)c1ccccn1. The first kappa shape index (κ1) is 37.2. The first-order chi connectivity index (χ1) is 24.0. The zero-order valence-corrected chi connectivity index (χ0v) is 28.1. The number of alkyl carbamates (subject to hydrolysis) is 1. The number of rotatable bonds is 16. The van der Waals surface area contributed by atoms with Crippen LogP contribution in [0, 0.1) is 5.92 Å². The van der Waals surface area contributed by atoms with Crippen molar-refractivity contribution >= 4 is 29.5 Å². The molecule has 0 saturated carbocycles. The summed E-state index contributed by atoms with van der Waals surface area (Å²) in [7, 11) is 0. The highest BCUT2D eigenvalue weighted by molar-refractivity contribution is 6.15. The zero-order valence-electron chi connectivity index (χ0n) is 28.1. The van der Waals surface area contributed by atoms with E-state index in [-0.39, 0.29) is 25.4 Å². The fraction of sp³-hybridized carbons (Fsp3) is 0.289. The van der Waals surface area contributed by atoms with Gasteiger partial charge in [-0.3, -0.25) is 19.3 Å². The van der Waals surface area contributed by atoms with E-state index in [1.54, 1.807) is 68.4 Å². The molecule has 0 radical (unpaired) electrons. The summed E-state index contributed by atoms with van der Waals surface area (Å²) < 4.78 is 42.8. The van der Waals surface area contributed by atoms with Gasteiger partial charge >= 0.3 is 17.9 Å². The maximum absolute atomic E-state index is 15.9. The second kappa shape index (κ2) is 17.7. The topological polar surface area (TPSA) is 127 Å². The molecule has 3 amide bonds. The molecule has 2 N–H and O–H groups in total. The van der Waals surface area contributed by atoms with Gasteiger partial charge < -0.3 is 20.1 Å². The van der Waals surface area contributed by atoms with E-state index in [1.807, 2.05) is 36.4 Å². The third-order valence-electron chi connectivity index (χ3n) is 7.74. The van der Waals surface area contributed by atoms with Crippen LogP contribution < -0.4 is 20.3 Å². The van der Waals surface area contributed by atoms with Crippen LogP contribution in [0.25, 0.3) is 0 Å².